The molecule has 142 valence electrons. The van der Waals surface area contributed by atoms with Gasteiger partial charge in [-0.25, -0.2) is 4.39 Å². The van der Waals surface area contributed by atoms with Crippen molar-refractivity contribution in [2.24, 2.45) is 0 Å². The normalized spacial score (nSPS) is 14.1. The SMILES string of the molecule is COc1c(F)c(F)c(NC(=O)C(F)(F)F)c2c(=O)c(C#N)c(C3CC3)[nH]c12. The Kier molecular flexibility index (Phi) is 4.29. The van der Waals surface area contributed by atoms with E-state index in [2.05, 4.69) is 4.98 Å². The van der Waals surface area contributed by atoms with Crippen molar-refractivity contribution in [3.63, 3.8) is 0 Å². The van der Waals surface area contributed by atoms with E-state index in [4.69, 9.17) is 4.74 Å². The number of H-pyrrole nitrogens is 1. The van der Waals surface area contributed by atoms with E-state index in [0.29, 0.717) is 12.8 Å². The summed E-state index contributed by atoms with van der Waals surface area (Å²) in [6.45, 7) is 0. The number of amides is 1. The number of fused-ring (bicyclic) bond motifs is 1. The minimum Gasteiger partial charge on any atom is -0.491 e. The predicted octanol–water partition coefficient (Wildman–Crippen LogP) is 3.06. The number of pyridine rings is 1. The second-order valence-corrected chi connectivity index (χ2v) is 5.87. The summed E-state index contributed by atoms with van der Waals surface area (Å²) >= 11 is 0. The smallest absolute Gasteiger partial charge is 0.471 e. The van der Waals surface area contributed by atoms with Crippen molar-refractivity contribution in [3.05, 3.63) is 33.1 Å². The first kappa shape index (κ1) is 18.6. The monoisotopic (exact) mass is 387 g/mol. The molecule has 0 spiro atoms. The van der Waals surface area contributed by atoms with Gasteiger partial charge >= 0.3 is 12.1 Å². The average Bonchev–Trinajstić information content (AvgIpc) is 3.43. The van der Waals surface area contributed by atoms with Crippen molar-refractivity contribution in [1.29, 1.82) is 5.26 Å². The fraction of sp³-hybridized carbons (Fsp3) is 0.312. The Hall–Kier alpha value is -3.16. The van der Waals surface area contributed by atoms with E-state index < -0.39 is 57.0 Å². The maximum Gasteiger partial charge on any atom is 0.471 e. The first-order chi connectivity index (χ1) is 12.6. The highest BCUT2D eigenvalue weighted by atomic mass is 19.4. The van der Waals surface area contributed by atoms with E-state index in [-0.39, 0.29) is 11.6 Å². The first-order valence-electron chi connectivity index (χ1n) is 7.54. The molecular formula is C16H10F5N3O3. The number of alkyl halides is 3. The van der Waals surface area contributed by atoms with Gasteiger partial charge in [0.05, 0.1) is 23.7 Å². The molecule has 0 saturated heterocycles. The molecule has 2 aromatic rings. The molecule has 1 heterocycles. The fourth-order valence-electron chi connectivity index (χ4n) is 2.74. The minimum absolute atomic E-state index is 0.160. The van der Waals surface area contributed by atoms with Crippen LogP contribution in [-0.2, 0) is 4.79 Å². The summed E-state index contributed by atoms with van der Waals surface area (Å²) in [6.07, 6.45) is -4.13. The number of methoxy groups -OCH3 is 1. The second kappa shape index (κ2) is 6.22. The fourth-order valence-corrected chi connectivity index (χ4v) is 2.74. The number of halogens is 5. The van der Waals surface area contributed by atoms with E-state index in [1.54, 1.807) is 6.07 Å². The number of nitriles is 1. The molecule has 0 atom stereocenters. The molecule has 1 aromatic heterocycles. The number of carbonyl (C=O) groups is 1. The van der Waals surface area contributed by atoms with Crippen LogP contribution in [0.3, 0.4) is 0 Å². The van der Waals surface area contributed by atoms with Gasteiger partial charge in [-0.3, -0.25) is 9.59 Å². The third kappa shape index (κ3) is 2.97. The number of aromatic nitrogens is 1. The average molecular weight is 387 g/mol. The van der Waals surface area contributed by atoms with Crippen LogP contribution in [0.25, 0.3) is 10.9 Å². The van der Waals surface area contributed by atoms with Crippen LogP contribution in [0.1, 0.15) is 30.0 Å². The lowest BCUT2D eigenvalue weighted by atomic mass is 10.0. The molecule has 6 nitrogen and oxygen atoms in total. The number of rotatable bonds is 3. The molecule has 0 radical (unpaired) electrons. The highest BCUT2D eigenvalue weighted by molar-refractivity contribution is 6.05. The summed E-state index contributed by atoms with van der Waals surface area (Å²) in [4.78, 5) is 26.5. The zero-order chi connectivity index (χ0) is 20.1. The van der Waals surface area contributed by atoms with E-state index >= 15 is 0 Å². The summed E-state index contributed by atoms with van der Waals surface area (Å²) in [5.41, 5.74) is -3.18. The number of anilines is 1. The Morgan fingerprint density at radius 2 is 1.93 bits per heavy atom. The van der Waals surface area contributed by atoms with Crippen LogP contribution in [-0.4, -0.2) is 24.2 Å². The van der Waals surface area contributed by atoms with E-state index in [1.165, 1.54) is 5.32 Å². The van der Waals surface area contributed by atoms with Gasteiger partial charge in [0.25, 0.3) is 0 Å². The third-order valence-corrected chi connectivity index (χ3v) is 4.12. The van der Waals surface area contributed by atoms with E-state index in [0.717, 1.165) is 7.11 Å². The van der Waals surface area contributed by atoms with Gasteiger partial charge in [-0.05, 0) is 12.8 Å². The van der Waals surface area contributed by atoms with Gasteiger partial charge in [0.15, 0.2) is 11.6 Å². The summed E-state index contributed by atoms with van der Waals surface area (Å²) in [5, 5.41) is 9.61. The van der Waals surface area contributed by atoms with Crippen molar-refractivity contribution in [1.82, 2.24) is 4.98 Å². The lowest BCUT2D eigenvalue weighted by molar-refractivity contribution is -0.167. The molecule has 2 N–H and O–H groups in total. The van der Waals surface area contributed by atoms with Gasteiger partial charge < -0.3 is 15.0 Å². The Bertz CT molecular complexity index is 1060. The third-order valence-electron chi connectivity index (χ3n) is 4.12. The lowest BCUT2D eigenvalue weighted by Gasteiger charge is -2.16. The van der Waals surface area contributed by atoms with Crippen LogP contribution in [0.2, 0.25) is 0 Å². The Balaban J connectivity index is 2.42. The largest absolute Gasteiger partial charge is 0.491 e. The highest BCUT2D eigenvalue weighted by Crippen LogP contribution is 2.42. The number of aromatic amines is 1. The molecule has 27 heavy (non-hydrogen) atoms. The molecule has 1 aliphatic rings. The summed E-state index contributed by atoms with van der Waals surface area (Å²) < 4.78 is 71.0. The number of hydrogen-bond donors (Lipinski definition) is 2. The molecule has 1 amide bonds. The highest BCUT2D eigenvalue weighted by Gasteiger charge is 2.40. The Morgan fingerprint density at radius 1 is 1.30 bits per heavy atom. The van der Waals surface area contributed by atoms with Crippen LogP contribution >= 0.6 is 0 Å². The molecule has 0 unspecified atom stereocenters. The van der Waals surface area contributed by atoms with Crippen LogP contribution in [0.5, 0.6) is 5.75 Å². The van der Waals surface area contributed by atoms with Crippen molar-refractivity contribution < 1.29 is 31.5 Å². The molecular weight excluding hydrogens is 377 g/mol. The number of carbonyl (C=O) groups excluding carboxylic acids is 1. The van der Waals surface area contributed by atoms with Gasteiger partial charge in [0.1, 0.15) is 11.6 Å². The van der Waals surface area contributed by atoms with Gasteiger partial charge in [0.2, 0.25) is 11.2 Å². The zero-order valence-corrected chi connectivity index (χ0v) is 13.6. The molecule has 1 aliphatic carbocycles. The second-order valence-electron chi connectivity index (χ2n) is 5.87. The van der Waals surface area contributed by atoms with E-state index in [1.807, 2.05) is 0 Å². The number of hydrogen-bond acceptors (Lipinski definition) is 4. The molecule has 0 bridgehead atoms. The zero-order valence-electron chi connectivity index (χ0n) is 13.6. The lowest BCUT2D eigenvalue weighted by Crippen LogP contribution is -2.31. The Labute approximate surface area is 147 Å². The van der Waals surface area contributed by atoms with Crippen LogP contribution in [0.4, 0.5) is 27.6 Å². The molecule has 1 fully saturated rings. The minimum atomic E-state index is -5.41. The molecule has 3 rings (SSSR count). The molecule has 0 aliphatic heterocycles. The number of benzene rings is 1. The van der Waals surface area contributed by atoms with Crippen molar-refractivity contribution >= 4 is 22.5 Å². The van der Waals surface area contributed by atoms with Gasteiger partial charge in [-0.2, -0.15) is 22.8 Å². The van der Waals surface area contributed by atoms with Crippen molar-refractivity contribution in [2.45, 2.75) is 24.9 Å². The number of nitrogens with one attached hydrogen (secondary N) is 2. The van der Waals surface area contributed by atoms with Crippen LogP contribution in [0.15, 0.2) is 4.79 Å². The molecule has 1 aromatic carbocycles. The summed E-state index contributed by atoms with van der Waals surface area (Å²) in [7, 11) is 0.971. The van der Waals surface area contributed by atoms with Crippen molar-refractivity contribution in [3.8, 4) is 11.8 Å². The first-order valence-corrected chi connectivity index (χ1v) is 7.54. The van der Waals surface area contributed by atoms with Gasteiger partial charge in [0, 0.05) is 11.6 Å². The van der Waals surface area contributed by atoms with Crippen molar-refractivity contribution in [2.75, 3.05) is 12.4 Å². The maximum atomic E-state index is 14.3. The van der Waals surface area contributed by atoms with Crippen LogP contribution in [0, 0.1) is 23.0 Å². The molecule has 11 heteroatoms. The summed E-state index contributed by atoms with van der Waals surface area (Å²) in [6, 6.07) is 1.62. The topological polar surface area (TPSA) is 95.0 Å². The van der Waals surface area contributed by atoms with E-state index in [9.17, 15) is 36.8 Å². The maximum absolute atomic E-state index is 14.3. The quantitative estimate of drug-likeness (QED) is 0.792. The van der Waals surface area contributed by atoms with Crippen LogP contribution < -0.4 is 15.5 Å². The molecule has 1 saturated carbocycles. The Morgan fingerprint density at radius 3 is 2.41 bits per heavy atom. The predicted molar refractivity (Wildman–Crippen MR) is 82.4 cm³/mol. The van der Waals surface area contributed by atoms with Gasteiger partial charge in [-0.15, -0.1) is 0 Å². The van der Waals surface area contributed by atoms with Gasteiger partial charge in [-0.1, -0.05) is 0 Å². The summed E-state index contributed by atoms with van der Waals surface area (Å²) in [5.74, 6) is -7.15. The number of nitrogens with zero attached hydrogens (tertiary/aromatic N) is 1. The number of ether oxygens (including phenoxy) is 1. The standard InChI is InChI=1S/C16H10F5N3O3/c1-27-14-9(18)8(17)11(24-15(26)16(19,20)21)7-12(14)23-10(5-2-3-5)6(4-22)13(7)25/h5H,2-3H2,1H3,(H,23,25)(H,24,26).